The van der Waals surface area contributed by atoms with E-state index in [2.05, 4.69) is 21.2 Å². The molecule has 0 bridgehead atoms. The molecule has 0 aliphatic heterocycles. The first kappa shape index (κ1) is 13.8. The maximum atomic E-state index is 13.5. The maximum absolute atomic E-state index is 13.5. The molecular formula is C12H12BrF4N. The molecule has 1 nitrogen and oxygen atoms in total. The molecule has 2 rings (SSSR count). The zero-order valence-electron chi connectivity index (χ0n) is 9.67. The van der Waals surface area contributed by atoms with Gasteiger partial charge in [0.15, 0.2) is 11.6 Å². The van der Waals surface area contributed by atoms with E-state index < -0.39 is 23.6 Å². The summed E-state index contributed by atoms with van der Waals surface area (Å²) in [6.45, 7) is 1.54. The second kappa shape index (κ2) is 4.81. The van der Waals surface area contributed by atoms with E-state index in [1.165, 1.54) is 13.0 Å². The fourth-order valence-corrected chi connectivity index (χ4v) is 2.25. The molecule has 1 aliphatic rings. The third-order valence-corrected chi connectivity index (χ3v) is 3.93. The van der Waals surface area contributed by atoms with Gasteiger partial charge in [-0.2, -0.15) is 0 Å². The molecule has 1 fully saturated rings. The molecule has 1 aromatic carbocycles. The van der Waals surface area contributed by atoms with E-state index in [0.29, 0.717) is 18.4 Å². The first-order chi connectivity index (χ1) is 8.37. The topological polar surface area (TPSA) is 12.0 Å². The first-order valence-electron chi connectivity index (χ1n) is 5.53. The van der Waals surface area contributed by atoms with Gasteiger partial charge in [-0.25, -0.2) is 17.6 Å². The van der Waals surface area contributed by atoms with E-state index in [1.807, 2.05) is 0 Å². The average Bonchev–Trinajstić information content (AvgIpc) is 3.10. The van der Waals surface area contributed by atoms with E-state index in [1.54, 1.807) is 0 Å². The number of benzene rings is 1. The largest absolute Gasteiger partial charge is 0.302 e. The van der Waals surface area contributed by atoms with Crippen LogP contribution in [0.15, 0.2) is 10.5 Å². The van der Waals surface area contributed by atoms with Crippen LogP contribution in [0.25, 0.3) is 0 Å². The normalized spacial score (nSPS) is 17.3. The van der Waals surface area contributed by atoms with Crippen molar-refractivity contribution in [3.8, 4) is 0 Å². The van der Waals surface area contributed by atoms with Crippen LogP contribution < -0.4 is 5.32 Å². The summed E-state index contributed by atoms with van der Waals surface area (Å²) in [6.07, 6.45) is -1.62. The summed E-state index contributed by atoms with van der Waals surface area (Å²) in [7, 11) is 0. The van der Waals surface area contributed by atoms with Gasteiger partial charge in [-0.3, -0.25) is 0 Å². The van der Waals surface area contributed by atoms with Crippen molar-refractivity contribution >= 4 is 15.9 Å². The van der Waals surface area contributed by atoms with Gasteiger partial charge < -0.3 is 5.32 Å². The lowest BCUT2D eigenvalue weighted by Crippen LogP contribution is -2.37. The minimum Gasteiger partial charge on any atom is -0.302 e. The Hall–Kier alpha value is -0.620. The van der Waals surface area contributed by atoms with Crippen LogP contribution in [0.2, 0.25) is 0 Å². The van der Waals surface area contributed by atoms with Gasteiger partial charge in [-0.05, 0) is 52.9 Å². The lowest BCUT2D eigenvalue weighted by Gasteiger charge is -2.17. The summed E-state index contributed by atoms with van der Waals surface area (Å²) >= 11 is 2.91. The van der Waals surface area contributed by atoms with Crippen LogP contribution in [0.3, 0.4) is 0 Å². The molecule has 1 N–H and O–H groups in total. The summed E-state index contributed by atoms with van der Waals surface area (Å²) in [5.41, 5.74) is -0.509. The number of hydrogen-bond donors (Lipinski definition) is 1. The highest BCUT2D eigenvalue weighted by atomic mass is 79.9. The lowest BCUT2D eigenvalue weighted by atomic mass is 10.1. The zero-order chi connectivity index (χ0) is 13.5. The maximum Gasteiger partial charge on any atom is 0.256 e. The molecule has 100 valence electrons. The molecule has 0 heterocycles. The molecule has 0 unspecified atom stereocenters. The Bertz CT molecular complexity index is 472. The second-order valence-corrected chi connectivity index (χ2v) is 5.44. The van der Waals surface area contributed by atoms with Gasteiger partial charge in [0.25, 0.3) is 6.43 Å². The van der Waals surface area contributed by atoms with Crippen LogP contribution in [-0.4, -0.2) is 12.0 Å². The first-order valence-corrected chi connectivity index (χ1v) is 6.33. The second-order valence-electron chi connectivity index (χ2n) is 4.58. The van der Waals surface area contributed by atoms with E-state index in [4.69, 9.17) is 0 Å². The molecule has 1 aliphatic carbocycles. The van der Waals surface area contributed by atoms with Crippen LogP contribution in [0.4, 0.5) is 17.6 Å². The molecule has 0 aromatic heterocycles. The monoisotopic (exact) mass is 325 g/mol. The SMILES string of the molecule is Cc1c(CNC2(C(F)F)CC2)cc(Br)c(F)c1F. The molecule has 0 spiro atoms. The van der Waals surface area contributed by atoms with Gasteiger partial charge >= 0.3 is 0 Å². The molecule has 0 saturated heterocycles. The smallest absolute Gasteiger partial charge is 0.256 e. The van der Waals surface area contributed by atoms with Crippen molar-refractivity contribution in [1.29, 1.82) is 0 Å². The third kappa shape index (κ3) is 2.40. The standard InChI is InChI=1S/C12H12BrF4N/c1-6-7(4-8(13)10(15)9(6)14)5-18-12(2-3-12)11(16)17/h4,11,18H,2-3,5H2,1H3. The number of halogens is 5. The Morgan fingerprint density at radius 1 is 1.33 bits per heavy atom. The van der Waals surface area contributed by atoms with Gasteiger partial charge in [-0.15, -0.1) is 0 Å². The molecule has 0 amide bonds. The van der Waals surface area contributed by atoms with Crippen molar-refractivity contribution in [2.45, 2.75) is 38.3 Å². The quantitative estimate of drug-likeness (QED) is 0.653. The zero-order valence-corrected chi connectivity index (χ0v) is 11.3. The van der Waals surface area contributed by atoms with Gasteiger partial charge in [-0.1, -0.05) is 0 Å². The van der Waals surface area contributed by atoms with Gasteiger partial charge in [0.1, 0.15) is 0 Å². The predicted molar refractivity (Wildman–Crippen MR) is 63.6 cm³/mol. The molecule has 18 heavy (non-hydrogen) atoms. The Kier molecular flexibility index (Phi) is 3.69. The van der Waals surface area contributed by atoms with E-state index >= 15 is 0 Å². The van der Waals surface area contributed by atoms with E-state index in [0.717, 1.165) is 0 Å². The minimum absolute atomic E-state index is 0.00398. The van der Waals surface area contributed by atoms with Crippen LogP contribution in [0.1, 0.15) is 24.0 Å². The van der Waals surface area contributed by atoms with E-state index in [-0.39, 0.29) is 16.6 Å². The van der Waals surface area contributed by atoms with Crippen molar-refractivity contribution in [1.82, 2.24) is 5.32 Å². The molecule has 6 heteroatoms. The minimum atomic E-state index is -2.44. The molecule has 0 atom stereocenters. The molecule has 0 radical (unpaired) electrons. The Morgan fingerprint density at radius 3 is 2.44 bits per heavy atom. The third-order valence-electron chi connectivity index (χ3n) is 3.35. The number of alkyl halides is 2. The molecule has 1 aromatic rings. The highest BCUT2D eigenvalue weighted by molar-refractivity contribution is 9.10. The van der Waals surface area contributed by atoms with Crippen LogP contribution >= 0.6 is 15.9 Å². The average molecular weight is 326 g/mol. The van der Waals surface area contributed by atoms with Crippen LogP contribution in [0, 0.1) is 18.6 Å². The van der Waals surface area contributed by atoms with Crippen molar-refractivity contribution in [2.75, 3.05) is 0 Å². The molecular weight excluding hydrogens is 314 g/mol. The Labute approximate surface area is 111 Å². The van der Waals surface area contributed by atoms with Crippen molar-refractivity contribution in [3.63, 3.8) is 0 Å². The summed E-state index contributed by atoms with van der Waals surface area (Å²) < 4.78 is 52.1. The van der Waals surface area contributed by atoms with Gasteiger partial charge in [0.05, 0.1) is 10.0 Å². The van der Waals surface area contributed by atoms with Crippen molar-refractivity contribution in [2.24, 2.45) is 0 Å². The fraction of sp³-hybridized carbons (Fsp3) is 0.500. The summed E-state index contributed by atoms with van der Waals surface area (Å²) in [5, 5.41) is 2.74. The Morgan fingerprint density at radius 2 is 1.94 bits per heavy atom. The Balaban J connectivity index is 2.16. The fourth-order valence-electron chi connectivity index (χ4n) is 1.80. The summed E-state index contributed by atoms with van der Waals surface area (Å²) in [5.74, 6) is -1.89. The van der Waals surface area contributed by atoms with Crippen molar-refractivity contribution < 1.29 is 17.6 Å². The van der Waals surface area contributed by atoms with Crippen LogP contribution in [-0.2, 0) is 6.54 Å². The van der Waals surface area contributed by atoms with E-state index in [9.17, 15) is 17.6 Å². The van der Waals surface area contributed by atoms with Gasteiger partial charge in [0, 0.05) is 6.54 Å². The lowest BCUT2D eigenvalue weighted by molar-refractivity contribution is 0.0847. The number of nitrogens with one attached hydrogen (secondary N) is 1. The highest BCUT2D eigenvalue weighted by Gasteiger charge is 2.50. The number of hydrogen-bond acceptors (Lipinski definition) is 1. The highest BCUT2D eigenvalue weighted by Crippen LogP contribution is 2.41. The predicted octanol–water partition coefficient (Wildman–Crippen LogP) is 3.92. The van der Waals surface area contributed by atoms with Crippen molar-refractivity contribution in [3.05, 3.63) is 33.3 Å². The van der Waals surface area contributed by atoms with Crippen LogP contribution in [0.5, 0.6) is 0 Å². The van der Waals surface area contributed by atoms with Gasteiger partial charge in [0.2, 0.25) is 0 Å². The summed E-state index contributed by atoms with van der Waals surface area (Å²) in [4.78, 5) is 0. The summed E-state index contributed by atoms with van der Waals surface area (Å²) in [6, 6.07) is 1.42. The number of rotatable bonds is 4. The molecule has 1 saturated carbocycles.